The van der Waals surface area contributed by atoms with E-state index in [9.17, 15) is 14.0 Å². The lowest BCUT2D eigenvalue weighted by atomic mass is 10.2. The predicted molar refractivity (Wildman–Crippen MR) is 76.0 cm³/mol. The number of hydrogen-bond donors (Lipinski definition) is 1. The van der Waals surface area contributed by atoms with E-state index < -0.39 is 17.7 Å². The third-order valence-electron chi connectivity index (χ3n) is 3.42. The summed E-state index contributed by atoms with van der Waals surface area (Å²) in [4.78, 5) is 26.4. The van der Waals surface area contributed by atoms with Gasteiger partial charge in [0.25, 0.3) is 5.91 Å². The monoisotopic (exact) mass is 314 g/mol. The van der Waals surface area contributed by atoms with Crippen LogP contribution in [0.1, 0.15) is 16.8 Å². The molecule has 0 bridgehead atoms. The van der Waals surface area contributed by atoms with Crippen molar-refractivity contribution in [3.8, 4) is 0 Å². The zero-order valence-corrected chi connectivity index (χ0v) is 12.1. The van der Waals surface area contributed by atoms with Crippen LogP contribution in [0, 0.1) is 5.82 Å². The number of aliphatic carboxylic acids is 1. The molecule has 1 saturated heterocycles. The molecule has 1 N–H and O–H groups in total. The van der Waals surface area contributed by atoms with Gasteiger partial charge in [0.15, 0.2) is 5.82 Å². The Kier molecular flexibility index (Phi) is 5.14. The highest BCUT2D eigenvalue weighted by molar-refractivity contribution is 6.31. The number of rotatable bonds is 3. The Morgan fingerprint density at radius 1 is 1.24 bits per heavy atom. The molecule has 21 heavy (non-hydrogen) atoms. The van der Waals surface area contributed by atoms with Crippen molar-refractivity contribution < 1.29 is 19.1 Å². The Bertz CT molecular complexity index is 553. The van der Waals surface area contributed by atoms with E-state index in [-0.39, 0.29) is 17.1 Å². The van der Waals surface area contributed by atoms with E-state index in [2.05, 4.69) is 0 Å². The maximum Gasteiger partial charge on any atom is 0.317 e. The maximum atomic E-state index is 13.9. The molecule has 1 aromatic rings. The average Bonchev–Trinajstić information content (AvgIpc) is 2.66. The molecule has 1 aliphatic heterocycles. The second-order valence-corrected chi connectivity index (χ2v) is 5.32. The van der Waals surface area contributed by atoms with Crippen molar-refractivity contribution in [3.63, 3.8) is 0 Å². The van der Waals surface area contributed by atoms with Crippen molar-refractivity contribution in [1.29, 1.82) is 0 Å². The van der Waals surface area contributed by atoms with Gasteiger partial charge in [-0.3, -0.25) is 14.5 Å². The molecule has 0 radical (unpaired) electrons. The van der Waals surface area contributed by atoms with Crippen molar-refractivity contribution in [2.75, 3.05) is 32.7 Å². The summed E-state index contributed by atoms with van der Waals surface area (Å²) in [6.45, 7) is 1.86. The zero-order valence-electron chi connectivity index (χ0n) is 11.4. The van der Waals surface area contributed by atoms with E-state index in [1.165, 1.54) is 23.1 Å². The largest absolute Gasteiger partial charge is 0.480 e. The molecule has 0 spiro atoms. The lowest BCUT2D eigenvalue weighted by molar-refractivity contribution is -0.138. The van der Waals surface area contributed by atoms with Gasteiger partial charge in [-0.25, -0.2) is 4.39 Å². The zero-order chi connectivity index (χ0) is 15.4. The summed E-state index contributed by atoms with van der Waals surface area (Å²) in [6.07, 6.45) is 0.654. The average molecular weight is 315 g/mol. The van der Waals surface area contributed by atoms with E-state index in [0.29, 0.717) is 32.6 Å². The highest BCUT2D eigenvalue weighted by Crippen LogP contribution is 2.20. The van der Waals surface area contributed by atoms with Crippen LogP contribution < -0.4 is 0 Å². The van der Waals surface area contributed by atoms with Crippen molar-refractivity contribution in [2.45, 2.75) is 6.42 Å². The Labute approximate surface area is 126 Å². The Morgan fingerprint density at radius 3 is 2.71 bits per heavy atom. The molecule has 0 unspecified atom stereocenters. The van der Waals surface area contributed by atoms with Crippen LogP contribution in [0.2, 0.25) is 5.02 Å². The first kappa shape index (κ1) is 15.7. The fourth-order valence-corrected chi connectivity index (χ4v) is 2.54. The molecule has 1 aromatic carbocycles. The first-order chi connectivity index (χ1) is 9.99. The van der Waals surface area contributed by atoms with E-state index in [4.69, 9.17) is 16.7 Å². The van der Waals surface area contributed by atoms with Crippen molar-refractivity contribution in [2.24, 2.45) is 0 Å². The molecule has 1 fully saturated rings. The number of carboxylic acids is 1. The van der Waals surface area contributed by atoms with Gasteiger partial charge in [0.2, 0.25) is 0 Å². The maximum absolute atomic E-state index is 13.9. The normalized spacial score (nSPS) is 16.6. The second-order valence-electron chi connectivity index (χ2n) is 4.92. The van der Waals surface area contributed by atoms with Crippen LogP contribution in [-0.2, 0) is 4.79 Å². The summed E-state index contributed by atoms with van der Waals surface area (Å²) in [5.41, 5.74) is -0.0471. The molecule has 1 amide bonds. The van der Waals surface area contributed by atoms with E-state index in [0.717, 1.165) is 0 Å². The smallest absolute Gasteiger partial charge is 0.317 e. The number of hydrogen-bond acceptors (Lipinski definition) is 3. The minimum Gasteiger partial charge on any atom is -0.480 e. The molecule has 114 valence electrons. The van der Waals surface area contributed by atoms with Crippen molar-refractivity contribution in [3.05, 3.63) is 34.6 Å². The highest BCUT2D eigenvalue weighted by atomic mass is 35.5. The minimum atomic E-state index is -0.893. The molecule has 1 heterocycles. The lowest BCUT2D eigenvalue weighted by Crippen LogP contribution is -2.37. The van der Waals surface area contributed by atoms with Crippen LogP contribution >= 0.6 is 11.6 Å². The molecular weight excluding hydrogens is 299 g/mol. The van der Waals surface area contributed by atoms with Crippen LogP contribution in [-0.4, -0.2) is 59.5 Å². The molecule has 0 atom stereocenters. The summed E-state index contributed by atoms with van der Waals surface area (Å²) in [5, 5.41) is 8.71. The summed E-state index contributed by atoms with van der Waals surface area (Å²) < 4.78 is 13.9. The number of carbonyl (C=O) groups excluding carboxylic acids is 1. The first-order valence-electron chi connectivity index (χ1n) is 6.66. The van der Waals surface area contributed by atoms with Gasteiger partial charge in [-0.1, -0.05) is 17.7 Å². The molecule has 0 saturated carbocycles. The number of halogens is 2. The SMILES string of the molecule is O=C(O)CN1CCCN(C(=O)c2cccc(Cl)c2F)CC1. The fraction of sp³-hybridized carbons (Fsp3) is 0.429. The molecule has 0 aromatic heterocycles. The molecule has 1 aliphatic rings. The second kappa shape index (κ2) is 6.87. The van der Waals surface area contributed by atoms with Gasteiger partial charge >= 0.3 is 5.97 Å². The quantitative estimate of drug-likeness (QED) is 0.922. The first-order valence-corrected chi connectivity index (χ1v) is 7.04. The number of amides is 1. The van der Waals surface area contributed by atoms with Crippen LogP contribution in [0.3, 0.4) is 0 Å². The van der Waals surface area contributed by atoms with Gasteiger partial charge < -0.3 is 10.0 Å². The minimum absolute atomic E-state index is 0.0471. The number of benzene rings is 1. The van der Waals surface area contributed by atoms with E-state index in [1.54, 1.807) is 4.90 Å². The van der Waals surface area contributed by atoms with Crippen LogP contribution in [0.4, 0.5) is 4.39 Å². The predicted octanol–water partition coefficient (Wildman–Crippen LogP) is 1.71. The van der Waals surface area contributed by atoms with Crippen LogP contribution in [0.15, 0.2) is 18.2 Å². The molecule has 5 nitrogen and oxygen atoms in total. The molecular formula is C14H16ClFN2O3. The summed E-state index contributed by atoms with van der Waals surface area (Å²) in [7, 11) is 0. The summed E-state index contributed by atoms with van der Waals surface area (Å²) in [6, 6.07) is 4.33. The van der Waals surface area contributed by atoms with Crippen molar-refractivity contribution in [1.82, 2.24) is 9.80 Å². The van der Waals surface area contributed by atoms with Crippen LogP contribution in [0.25, 0.3) is 0 Å². The van der Waals surface area contributed by atoms with Crippen molar-refractivity contribution >= 4 is 23.5 Å². The number of nitrogens with zero attached hydrogens (tertiary/aromatic N) is 2. The molecule has 2 rings (SSSR count). The topological polar surface area (TPSA) is 60.9 Å². The molecule has 0 aliphatic carbocycles. The van der Waals surface area contributed by atoms with Gasteiger partial charge in [0.05, 0.1) is 17.1 Å². The highest BCUT2D eigenvalue weighted by Gasteiger charge is 2.23. The van der Waals surface area contributed by atoms with E-state index in [1.807, 2.05) is 0 Å². The van der Waals surface area contributed by atoms with Gasteiger partial charge in [-0.05, 0) is 18.6 Å². The van der Waals surface area contributed by atoms with E-state index >= 15 is 0 Å². The van der Waals surface area contributed by atoms with Gasteiger partial charge in [0.1, 0.15) is 0 Å². The number of carbonyl (C=O) groups is 2. The fourth-order valence-electron chi connectivity index (χ4n) is 2.36. The summed E-state index contributed by atoms with van der Waals surface area (Å²) >= 11 is 5.69. The van der Waals surface area contributed by atoms with Gasteiger partial charge in [-0.15, -0.1) is 0 Å². The Balaban J connectivity index is 2.06. The summed E-state index contributed by atoms with van der Waals surface area (Å²) in [5.74, 6) is -2.02. The third kappa shape index (κ3) is 3.92. The van der Waals surface area contributed by atoms with Crippen LogP contribution in [0.5, 0.6) is 0 Å². The standard InChI is InChI=1S/C14H16ClFN2O3/c15-11-4-1-3-10(13(11)16)14(21)18-6-2-5-17(7-8-18)9-12(19)20/h1,3-4H,2,5-9H2,(H,19,20). The third-order valence-corrected chi connectivity index (χ3v) is 3.71. The Hall–Kier alpha value is -1.66. The Morgan fingerprint density at radius 2 is 2.00 bits per heavy atom. The lowest BCUT2D eigenvalue weighted by Gasteiger charge is -2.21. The number of carboxylic acid groups (broad SMARTS) is 1. The van der Waals surface area contributed by atoms with Gasteiger partial charge in [0, 0.05) is 26.2 Å². The van der Waals surface area contributed by atoms with Gasteiger partial charge in [-0.2, -0.15) is 0 Å². The molecule has 7 heteroatoms.